The van der Waals surface area contributed by atoms with Crippen molar-refractivity contribution in [1.82, 2.24) is 4.98 Å². The van der Waals surface area contributed by atoms with E-state index in [4.69, 9.17) is 0 Å². The van der Waals surface area contributed by atoms with Gasteiger partial charge in [0.1, 0.15) is 5.69 Å². The van der Waals surface area contributed by atoms with Gasteiger partial charge in [0.25, 0.3) is 11.9 Å². The Balaban J connectivity index is 2.16. The van der Waals surface area contributed by atoms with Crippen LogP contribution in [0.2, 0.25) is 0 Å². The summed E-state index contributed by atoms with van der Waals surface area (Å²) in [5, 5.41) is 11.9. The molecule has 1 aromatic heterocycles. The minimum Gasteiger partial charge on any atom is -0.387 e. The van der Waals surface area contributed by atoms with Crippen molar-refractivity contribution in [3.8, 4) is 0 Å². The van der Waals surface area contributed by atoms with Gasteiger partial charge in [0, 0.05) is 6.54 Å². The van der Waals surface area contributed by atoms with Gasteiger partial charge in [0.2, 0.25) is 11.6 Å². The summed E-state index contributed by atoms with van der Waals surface area (Å²) in [5.41, 5.74) is -0.499. The lowest BCUT2D eigenvalue weighted by atomic mass is 10.1. The van der Waals surface area contributed by atoms with Crippen LogP contribution >= 0.6 is 0 Å². The fourth-order valence-electron chi connectivity index (χ4n) is 1.63. The number of hydrogen-bond acceptors (Lipinski definition) is 3. The molecule has 0 spiro atoms. The molecule has 0 saturated carbocycles. The van der Waals surface area contributed by atoms with Gasteiger partial charge in [-0.1, -0.05) is 30.3 Å². The fraction of sp³-hybridized carbons (Fsp3) is 0.154. The van der Waals surface area contributed by atoms with Gasteiger partial charge in [-0.25, -0.2) is 0 Å². The third-order valence-electron chi connectivity index (χ3n) is 2.65. The zero-order valence-electron chi connectivity index (χ0n) is 10.1. The summed E-state index contributed by atoms with van der Waals surface area (Å²) < 4.78 is 52.4. The molecule has 1 aromatic carbocycles. The molecule has 3 nitrogen and oxygen atoms in total. The summed E-state index contributed by atoms with van der Waals surface area (Å²) in [7, 11) is 0. The molecule has 20 heavy (non-hydrogen) atoms. The molecule has 0 bridgehead atoms. The Kier molecular flexibility index (Phi) is 4.19. The number of benzene rings is 1. The van der Waals surface area contributed by atoms with Crippen molar-refractivity contribution >= 4 is 5.69 Å². The maximum Gasteiger partial charge on any atom is 0.253 e. The molecule has 0 aliphatic carbocycles. The zero-order valence-corrected chi connectivity index (χ0v) is 10.1. The number of aliphatic hydroxyl groups is 1. The van der Waals surface area contributed by atoms with Gasteiger partial charge in [-0.2, -0.15) is 22.5 Å². The number of nitrogens with zero attached hydrogens (tertiary/aromatic N) is 1. The Morgan fingerprint density at radius 3 is 2.10 bits per heavy atom. The predicted octanol–water partition coefficient (Wildman–Crippen LogP) is 2.78. The Morgan fingerprint density at radius 1 is 1.00 bits per heavy atom. The molecule has 0 saturated heterocycles. The largest absolute Gasteiger partial charge is 0.387 e. The van der Waals surface area contributed by atoms with E-state index >= 15 is 0 Å². The van der Waals surface area contributed by atoms with Gasteiger partial charge < -0.3 is 10.4 Å². The molecule has 106 valence electrons. The van der Waals surface area contributed by atoms with Crippen LogP contribution in [0.25, 0.3) is 0 Å². The molecule has 0 radical (unpaired) electrons. The normalized spacial score (nSPS) is 12.2. The number of halogens is 4. The molecular weight excluding hydrogens is 276 g/mol. The fourth-order valence-corrected chi connectivity index (χ4v) is 1.63. The van der Waals surface area contributed by atoms with Crippen LogP contribution in [0.15, 0.2) is 30.3 Å². The molecule has 0 fully saturated rings. The lowest BCUT2D eigenvalue weighted by molar-refractivity contribution is 0.191. The first-order chi connectivity index (χ1) is 9.50. The maximum atomic E-state index is 13.3. The van der Waals surface area contributed by atoms with Crippen LogP contribution in [0.5, 0.6) is 0 Å². The van der Waals surface area contributed by atoms with Crippen LogP contribution < -0.4 is 5.32 Å². The second kappa shape index (κ2) is 5.87. The third-order valence-corrected chi connectivity index (χ3v) is 2.65. The topological polar surface area (TPSA) is 45.1 Å². The number of aliphatic hydroxyl groups excluding tert-OH is 1. The molecule has 1 heterocycles. The Morgan fingerprint density at radius 2 is 1.55 bits per heavy atom. The van der Waals surface area contributed by atoms with E-state index in [2.05, 4.69) is 10.3 Å². The van der Waals surface area contributed by atoms with E-state index in [1.807, 2.05) is 0 Å². The van der Waals surface area contributed by atoms with Crippen molar-refractivity contribution < 1.29 is 22.7 Å². The summed E-state index contributed by atoms with van der Waals surface area (Å²) in [6.45, 7) is -0.319. The molecule has 1 atom stereocenters. The van der Waals surface area contributed by atoms with Crippen molar-refractivity contribution in [3.05, 3.63) is 59.4 Å². The highest BCUT2D eigenvalue weighted by atomic mass is 19.2. The van der Waals surface area contributed by atoms with E-state index < -0.39 is 35.3 Å². The Hall–Kier alpha value is -2.15. The first-order valence-corrected chi connectivity index (χ1v) is 5.67. The summed E-state index contributed by atoms with van der Waals surface area (Å²) in [6, 6.07) is 8.28. The predicted molar refractivity (Wildman–Crippen MR) is 64.0 cm³/mol. The lowest BCUT2D eigenvalue weighted by Gasteiger charge is -2.14. The quantitative estimate of drug-likeness (QED) is 0.671. The summed E-state index contributed by atoms with van der Waals surface area (Å²) in [6.07, 6.45) is -1.09. The highest BCUT2D eigenvalue weighted by molar-refractivity contribution is 5.45. The van der Waals surface area contributed by atoms with E-state index in [0.29, 0.717) is 5.56 Å². The van der Waals surface area contributed by atoms with Crippen molar-refractivity contribution in [3.63, 3.8) is 0 Å². The first kappa shape index (κ1) is 14.3. The van der Waals surface area contributed by atoms with Crippen LogP contribution in [0.4, 0.5) is 23.2 Å². The van der Waals surface area contributed by atoms with Gasteiger partial charge in [0.05, 0.1) is 6.10 Å². The minimum absolute atomic E-state index is 0.319. The zero-order chi connectivity index (χ0) is 14.7. The highest BCUT2D eigenvalue weighted by Gasteiger charge is 2.21. The number of anilines is 1. The second-order valence-electron chi connectivity index (χ2n) is 4.00. The summed E-state index contributed by atoms with van der Waals surface area (Å²) >= 11 is 0. The third kappa shape index (κ3) is 2.88. The Labute approximate surface area is 111 Å². The number of rotatable bonds is 4. The van der Waals surface area contributed by atoms with E-state index in [9.17, 15) is 22.7 Å². The second-order valence-corrected chi connectivity index (χ2v) is 4.00. The van der Waals surface area contributed by atoms with E-state index in [1.165, 1.54) is 0 Å². The van der Waals surface area contributed by atoms with Crippen LogP contribution in [0, 0.1) is 23.5 Å². The molecule has 7 heteroatoms. The van der Waals surface area contributed by atoms with Crippen molar-refractivity contribution in [1.29, 1.82) is 0 Å². The van der Waals surface area contributed by atoms with Crippen molar-refractivity contribution in [2.45, 2.75) is 6.10 Å². The summed E-state index contributed by atoms with van der Waals surface area (Å²) in [4.78, 5) is 2.43. The monoisotopic (exact) mass is 286 g/mol. The van der Waals surface area contributed by atoms with Gasteiger partial charge in [0.15, 0.2) is 0 Å². The average Bonchev–Trinajstić information content (AvgIpc) is 2.46. The van der Waals surface area contributed by atoms with E-state index in [0.717, 1.165) is 0 Å². The highest BCUT2D eigenvalue weighted by Crippen LogP contribution is 2.23. The number of hydrogen-bond donors (Lipinski definition) is 2. The van der Waals surface area contributed by atoms with Crippen molar-refractivity contribution in [2.24, 2.45) is 0 Å². The van der Waals surface area contributed by atoms with Gasteiger partial charge in [-0.3, -0.25) is 0 Å². The van der Waals surface area contributed by atoms with Crippen LogP contribution in [0.1, 0.15) is 11.7 Å². The van der Waals surface area contributed by atoms with E-state index in [-0.39, 0.29) is 6.54 Å². The Bertz CT molecular complexity index is 581. The lowest BCUT2D eigenvalue weighted by Crippen LogP contribution is -2.16. The van der Waals surface area contributed by atoms with Crippen LogP contribution in [0.3, 0.4) is 0 Å². The van der Waals surface area contributed by atoms with Crippen LogP contribution in [-0.2, 0) is 0 Å². The molecule has 0 aliphatic rings. The molecule has 0 aliphatic heterocycles. The molecule has 0 amide bonds. The number of pyridine rings is 1. The van der Waals surface area contributed by atoms with Crippen LogP contribution in [-0.4, -0.2) is 16.6 Å². The minimum atomic E-state index is -1.75. The van der Waals surface area contributed by atoms with Gasteiger partial charge in [-0.15, -0.1) is 0 Å². The molecule has 2 aromatic rings. The SMILES string of the molecule is OC(CNc1c(F)c(F)nc(F)c1F)c1ccccc1. The smallest absolute Gasteiger partial charge is 0.253 e. The number of aromatic nitrogens is 1. The molecular formula is C13H10F4N2O. The van der Waals surface area contributed by atoms with Gasteiger partial charge in [-0.05, 0) is 5.56 Å². The van der Waals surface area contributed by atoms with Gasteiger partial charge >= 0.3 is 0 Å². The maximum absolute atomic E-state index is 13.3. The van der Waals surface area contributed by atoms with E-state index in [1.54, 1.807) is 30.3 Å². The molecule has 2 N–H and O–H groups in total. The molecule has 2 rings (SSSR count). The standard InChI is InChI=1S/C13H10F4N2O/c14-9-11(10(15)13(17)19-12(9)16)18-6-8(20)7-4-2-1-3-5-7/h1-5,8,20H,6H2,(H,18,19). The summed E-state index contributed by atoms with van der Waals surface area (Å²) in [5.74, 6) is -6.77. The average molecular weight is 286 g/mol. The first-order valence-electron chi connectivity index (χ1n) is 5.67. The van der Waals surface area contributed by atoms with Crippen molar-refractivity contribution in [2.75, 3.05) is 11.9 Å². The molecule has 1 unspecified atom stereocenters. The number of nitrogens with one attached hydrogen (secondary N) is 1.